The molecule has 6 N–H and O–H groups in total. The molecule has 5 heteroatoms. The number of fused-ring (bicyclic) bond motifs is 3. The van der Waals surface area contributed by atoms with E-state index in [0.717, 1.165) is 22.3 Å². The summed E-state index contributed by atoms with van der Waals surface area (Å²) in [5, 5.41) is 18.1. The van der Waals surface area contributed by atoms with E-state index in [-0.39, 0.29) is 11.3 Å². The second-order valence-corrected chi connectivity index (χ2v) is 4.74. The standard InChI is InChI=1S/C15H11N5/c16-5-7-1-2-9-8(3-7)4-10-12(9)15(20)14(19)11(6-17)13(10)18/h1-3H,4,18-20H2. The lowest BCUT2D eigenvalue weighted by atomic mass is 9.97. The first-order valence-electron chi connectivity index (χ1n) is 6.01. The molecule has 0 spiro atoms. The van der Waals surface area contributed by atoms with Crippen molar-refractivity contribution in [3.8, 4) is 23.3 Å². The monoisotopic (exact) mass is 261 g/mol. The van der Waals surface area contributed by atoms with Crippen LogP contribution in [0.1, 0.15) is 22.3 Å². The van der Waals surface area contributed by atoms with Crippen LogP contribution in [0.4, 0.5) is 17.1 Å². The third kappa shape index (κ3) is 1.35. The number of nitrogens with zero attached hydrogens (tertiary/aromatic N) is 2. The van der Waals surface area contributed by atoms with Crippen LogP contribution in [0.15, 0.2) is 18.2 Å². The Balaban J connectivity index is 2.36. The van der Waals surface area contributed by atoms with Crippen molar-refractivity contribution in [2.24, 2.45) is 0 Å². The molecule has 5 nitrogen and oxygen atoms in total. The van der Waals surface area contributed by atoms with Crippen molar-refractivity contribution in [2.75, 3.05) is 17.2 Å². The molecule has 2 aromatic carbocycles. The zero-order chi connectivity index (χ0) is 14.4. The minimum absolute atomic E-state index is 0.223. The van der Waals surface area contributed by atoms with Crippen LogP contribution in [0.3, 0.4) is 0 Å². The molecule has 2 aromatic rings. The third-order valence-corrected chi connectivity index (χ3v) is 3.71. The first kappa shape index (κ1) is 11.9. The number of nitriles is 2. The smallest absolute Gasteiger partial charge is 0.104 e. The summed E-state index contributed by atoms with van der Waals surface area (Å²) in [5.41, 5.74) is 23.3. The topological polar surface area (TPSA) is 126 Å². The van der Waals surface area contributed by atoms with Gasteiger partial charge in [-0.15, -0.1) is 0 Å². The number of rotatable bonds is 0. The first-order chi connectivity index (χ1) is 9.58. The molecule has 0 amide bonds. The average Bonchev–Trinajstić information content (AvgIpc) is 2.84. The van der Waals surface area contributed by atoms with Gasteiger partial charge in [0.2, 0.25) is 0 Å². The lowest BCUT2D eigenvalue weighted by Crippen LogP contribution is -2.06. The molecule has 0 aromatic heterocycles. The Morgan fingerprint density at radius 3 is 2.35 bits per heavy atom. The molecule has 0 atom stereocenters. The van der Waals surface area contributed by atoms with E-state index in [1.807, 2.05) is 18.2 Å². The molecule has 0 saturated carbocycles. The molecule has 1 aliphatic rings. The van der Waals surface area contributed by atoms with Crippen molar-refractivity contribution < 1.29 is 0 Å². The van der Waals surface area contributed by atoms with Crippen LogP contribution in [-0.4, -0.2) is 0 Å². The van der Waals surface area contributed by atoms with Crippen LogP contribution >= 0.6 is 0 Å². The summed E-state index contributed by atoms with van der Waals surface area (Å²) in [5.74, 6) is 0. The van der Waals surface area contributed by atoms with Crippen molar-refractivity contribution in [3.05, 3.63) is 40.5 Å². The number of hydrogen-bond acceptors (Lipinski definition) is 5. The summed E-state index contributed by atoms with van der Waals surface area (Å²) in [6, 6.07) is 9.51. The molecule has 20 heavy (non-hydrogen) atoms. The minimum Gasteiger partial charge on any atom is -0.397 e. The van der Waals surface area contributed by atoms with Gasteiger partial charge in [-0.3, -0.25) is 0 Å². The Hall–Kier alpha value is -3.18. The van der Waals surface area contributed by atoms with E-state index in [2.05, 4.69) is 6.07 Å². The van der Waals surface area contributed by atoms with E-state index in [1.54, 1.807) is 6.07 Å². The fourth-order valence-corrected chi connectivity index (χ4v) is 2.72. The van der Waals surface area contributed by atoms with Crippen molar-refractivity contribution in [1.82, 2.24) is 0 Å². The lowest BCUT2D eigenvalue weighted by Gasteiger charge is -2.13. The molecule has 3 rings (SSSR count). The summed E-state index contributed by atoms with van der Waals surface area (Å²) in [6.45, 7) is 0. The Morgan fingerprint density at radius 1 is 0.950 bits per heavy atom. The molecule has 0 radical (unpaired) electrons. The number of anilines is 3. The van der Waals surface area contributed by atoms with Gasteiger partial charge in [0.25, 0.3) is 0 Å². The van der Waals surface area contributed by atoms with Gasteiger partial charge in [0.05, 0.1) is 28.7 Å². The van der Waals surface area contributed by atoms with Crippen LogP contribution in [0, 0.1) is 22.7 Å². The van der Waals surface area contributed by atoms with Crippen LogP contribution in [0.5, 0.6) is 0 Å². The molecular formula is C15H11N5. The van der Waals surface area contributed by atoms with E-state index in [9.17, 15) is 0 Å². The summed E-state index contributed by atoms with van der Waals surface area (Å²) >= 11 is 0. The Bertz CT molecular complexity index is 837. The van der Waals surface area contributed by atoms with E-state index < -0.39 is 0 Å². The van der Waals surface area contributed by atoms with Gasteiger partial charge in [0.1, 0.15) is 11.6 Å². The number of hydrogen-bond donors (Lipinski definition) is 3. The van der Waals surface area contributed by atoms with E-state index in [4.69, 9.17) is 27.7 Å². The molecule has 0 saturated heterocycles. The molecule has 0 bridgehead atoms. The Labute approximate surface area is 115 Å². The maximum atomic E-state index is 9.15. The molecule has 0 heterocycles. The van der Waals surface area contributed by atoms with Gasteiger partial charge in [-0.2, -0.15) is 10.5 Å². The molecule has 96 valence electrons. The van der Waals surface area contributed by atoms with E-state index in [1.165, 1.54) is 0 Å². The molecular weight excluding hydrogens is 250 g/mol. The van der Waals surface area contributed by atoms with Crippen LogP contribution in [0.25, 0.3) is 11.1 Å². The molecule has 0 unspecified atom stereocenters. The highest BCUT2D eigenvalue weighted by atomic mass is 14.7. The predicted molar refractivity (Wildman–Crippen MR) is 77.4 cm³/mol. The predicted octanol–water partition coefficient (Wildman–Crippen LogP) is 1.75. The summed E-state index contributed by atoms with van der Waals surface area (Å²) < 4.78 is 0. The first-order valence-corrected chi connectivity index (χ1v) is 6.01. The second-order valence-electron chi connectivity index (χ2n) is 4.74. The highest BCUT2D eigenvalue weighted by Crippen LogP contribution is 2.47. The van der Waals surface area contributed by atoms with Crippen molar-refractivity contribution in [2.45, 2.75) is 6.42 Å². The fraction of sp³-hybridized carbons (Fsp3) is 0.0667. The normalized spacial score (nSPS) is 11.3. The van der Waals surface area contributed by atoms with Gasteiger partial charge < -0.3 is 17.2 Å². The van der Waals surface area contributed by atoms with Crippen LogP contribution < -0.4 is 17.2 Å². The lowest BCUT2D eigenvalue weighted by molar-refractivity contribution is 1.26. The van der Waals surface area contributed by atoms with Gasteiger partial charge in [-0.1, -0.05) is 6.07 Å². The maximum absolute atomic E-state index is 9.15. The molecule has 0 fully saturated rings. The van der Waals surface area contributed by atoms with E-state index >= 15 is 0 Å². The van der Waals surface area contributed by atoms with Gasteiger partial charge in [0, 0.05) is 12.0 Å². The Kier molecular flexibility index (Phi) is 2.32. The molecule has 0 aliphatic heterocycles. The van der Waals surface area contributed by atoms with Crippen molar-refractivity contribution in [3.63, 3.8) is 0 Å². The van der Waals surface area contributed by atoms with E-state index in [0.29, 0.717) is 23.4 Å². The Morgan fingerprint density at radius 2 is 1.70 bits per heavy atom. The van der Waals surface area contributed by atoms with Crippen LogP contribution in [-0.2, 0) is 6.42 Å². The highest BCUT2D eigenvalue weighted by Gasteiger charge is 2.27. The third-order valence-electron chi connectivity index (χ3n) is 3.71. The quantitative estimate of drug-likeness (QED) is 0.531. The van der Waals surface area contributed by atoms with Crippen molar-refractivity contribution in [1.29, 1.82) is 10.5 Å². The summed E-state index contributed by atoms with van der Waals surface area (Å²) in [7, 11) is 0. The summed E-state index contributed by atoms with van der Waals surface area (Å²) in [4.78, 5) is 0. The van der Waals surface area contributed by atoms with Gasteiger partial charge in [-0.25, -0.2) is 0 Å². The van der Waals surface area contributed by atoms with Gasteiger partial charge in [0.15, 0.2) is 0 Å². The second kappa shape index (κ2) is 3.91. The minimum atomic E-state index is 0.223. The number of nitrogen functional groups attached to an aromatic ring is 3. The maximum Gasteiger partial charge on any atom is 0.104 e. The van der Waals surface area contributed by atoms with Crippen LogP contribution in [0.2, 0.25) is 0 Å². The van der Waals surface area contributed by atoms with Crippen molar-refractivity contribution >= 4 is 17.1 Å². The number of benzene rings is 2. The van der Waals surface area contributed by atoms with Gasteiger partial charge in [-0.05, 0) is 28.8 Å². The SMILES string of the molecule is N#Cc1ccc2c(c1)Cc1c(N)c(C#N)c(N)c(N)c1-2. The highest BCUT2D eigenvalue weighted by molar-refractivity contribution is 5.98. The fourth-order valence-electron chi connectivity index (χ4n) is 2.72. The largest absolute Gasteiger partial charge is 0.397 e. The molecule has 1 aliphatic carbocycles. The summed E-state index contributed by atoms with van der Waals surface area (Å²) in [6.07, 6.45) is 0.561. The van der Waals surface area contributed by atoms with Gasteiger partial charge >= 0.3 is 0 Å². The number of nitrogens with two attached hydrogens (primary N) is 3. The zero-order valence-electron chi connectivity index (χ0n) is 10.6. The zero-order valence-corrected chi connectivity index (χ0v) is 10.6. The average molecular weight is 261 g/mol.